The Morgan fingerprint density at radius 3 is 2.60 bits per heavy atom. The summed E-state index contributed by atoms with van der Waals surface area (Å²) >= 11 is 0. The van der Waals surface area contributed by atoms with E-state index >= 15 is 0 Å². The van der Waals surface area contributed by atoms with Crippen LogP contribution in [0, 0.1) is 6.92 Å². The molecular weight excluding hydrogens is 446 g/mol. The number of nitrogens with zero attached hydrogens (tertiary/aromatic N) is 1. The fraction of sp³-hybridized carbons (Fsp3) is 0.370. The Hall–Kier alpha value is -3.65. The molecule has 3 N–H and O–H groups in total. The summed E-state index contributed by atoms with van der Waals surface area (Å²) in [6, 6.07) is 10.3. The van der Waals surface area contributed by atoms with Crippen LogP contribution in [0.5, 0.6) is 0 Å². The van der Waals surface area contributed by atoms with E-state index in [1.807, 2.05) is 35.9 Å². The van der Waals surface area contributed by atoms with Gasteiger partial charge in [-0.3, -0.25) is 14.4 Å². The zero-order valence-electron chi connectivity index (χ0n) is 20.7. The standard InChI is InChI=1S/C27H33N3O5/c1-5-35-25(32)8-6-7-20-10-9-19(16-31)13-23(20)29-26(33)18(3)30-15-17(2)22-12-11-21(14-24(22)30)27(34)28-4/h9-15,18,31H,5-8,16H2,1-4H3,(H,28,34)(H,29,33). The van der Waals surface area contributed by atoms with Crippen LogP contribution in [-0.4, -0.2) is 41.1 Å². The van der Waals surface area contributed by atoms with Crippen LogP contribution in [0.2, 0.25) is 0 Å². The van der Waals surface area contributed by atoms with Crippen molar-refractivity contribution in [2.24, 2.45) is 0 Å². The number of hydrogen-bond donors (Lipinski definition) is 3. The minimum Gasteiger partial charge on any atom is -0.466 e. The Morgan fingerprint density at radius 2 is 1.91 bits per heavy atom. The number of esters is 1. The smallest absolute Gasteiger partial charge is 0.305 e. The second-order valence-electron chi connectivity index (χ2n) is 8.50. The quantitative estimate of drug-likeness (QED) is 0.382. The number of aromatic nitrogens is 1. The molecule has 1 atom stereocenters. The van der Waals surface area contributed by atoms with E-state index in [9.17, 15) is 19.5 Å². The largest absolute Gasteiger partial charge is 0.466 e. The van der Waals surface area contributed by atoms with Gasteiger partial charge in [-0.2, -0.15) is 0 Å². The lowest BCUT2D eigenvalue weighted by Crippen LogP contribution is -2.24. The van der Waals surface area contributed by atoms with Gasteiger partial charge in [-0.05, 0) is 68.5 Å². The highest BCUT2D eigenvalue weighted by molar-refractivity contribution is 6.00. The second kappa shape index (κ2) is 11.7. The van der Waals surface area contributed by atoms with Crippen LogP contribution >= 0.6 is 0 Å². The first-order valence-corrected chi connectivity index (χ1v) is 11.8. The van der Waals surface area contributed by atoms with E-state index in [4.69, 9.17) is 4.74 Å². The van der Waals surface area contributed by atoms with E-state index in [2.05, 4.69) is 10.6 Å². The van der Waals surface area contributed by atoms with Gasteiger partial charge in [0.05, 0.1) is 13.2 Å². The molecule has 0 radical (unpaired) electrons. The molecule has 0 saturated carbocycles. The number of aryl methyl sites for hydroxylation is 2. The minimum absolute atomic E-state index is 0.148. The number of rotatable bonds is 10. The van der Waals surface area contributed by atoms with Crippen LogP contribution in [0.1, 0.15) is 59.8 Å². The fourth-order valence-corrected chi connectivity index (χ4v) is 4.11. The summed E-state index contributed by atoms with van der Waals surface area (Å²) in [6.45, 7) is 5.74. The Labute approximate surface area is 205 Å². The van der Waals surface area contributed by atoms with Crippen molar-refractivity contribution in [2.75, 3.05) is 19.0 Å². The predicted octanol–water partition coefficient (Wildman–Crippen LogP) is 3.89. The van der Waals surface area contributed by atoms with Gasteiger partial charge >= 0.3 is 5.97 Å². The molecule has 0 fully saturated rings. The summed E-state index contributed by atoms with van der Waals surface area (Å²) < 4.78 is 6.85. The number of aliphatic hydroxyl groups excluding tert-OH is 1. The lowest BCUT2D eigenvalue weighted by atomic mass is 10.0. The number of hydrogen-bond acceptors (Lipinski definition) is 5. The molecule has 8 nitrogen and oxygen atoms in total. The molecule has 0 aliphatic carbocycles. The molecule has 8 heteroatoms. The number of ether oxygens (including phenoxy) is 1. The van der Waals surface area contributed by atoms with E-state index < -0.39 is 6.04 Å². The van der Waals surface area contributed by atoms with Crippen LogP contribution in [0.15, 0.2) is 42.6 Å². The zero-order valence-corrected chi connectivity index (χ0v) is 20.7. The van der Waals surface area contributed by atoms with E-state index in [1.54, 1.807) is 39.1 Å². The van der Waals surface area contributed by atoms with Crippen molar-refractivity contribution < 1.29 is 24.2 Å². The van der Waals surface area contributed by atoms with Crippen molar-refractivity contribution in [3.05, 3.63) is 64.8 Å². The van der Waals surface area contributed by atoms with Gasteiger partial charge in [0.2, 0.25) is 5.91 Å². The maximum atomic E-state index is 13.3. The first-order chi connectivity index (χ1) is 16.8. The van der Waals surface area contributed by atoms with Crippen LogP contribution in [-0.2, 0) is 27.4 Å². The van der Waals surface area contributed by atoms with Crippen molar-refractivity contribution in [1.82, 2.24) is 9.88 Å². The first kappa shape index (κ1) is 26.0. The Balaban J connectivity index is 1.84. The lowest BCUT2D eigenvalue weighted by molar-refractivity contribution is -0.143. The summed E-state index contributed by atoms with van der Waals surface area (Å²) in [5, 5.41) is 16.2. The minimum atomic E-state index is -0.559. The topological polar surface area (TPSA) is 110 Å². The molecule has 35 heavy (non-hydrogen) atoms. The highest BCUT2D eigenvalue weighted by Crippen LogP contribution is 2.27. The predicted molar refractivity (Wildman–Crippen MR) is 135 cm³/mol. The van der Waals surface area contributed by atoms with Gasteiger partial charge in [0, 0.05) is 41.8 Å². The molecular formula is C27H33N3O5. The molecule has 1 heterocycles. The van der Waals surface area contributed by atoms with E-state index in [-0.39, 0.29) is 24.4 Å². The molecule has 0 spiro atoms. The highest BCUT2D eigenvalue weighted by atomic mass is 16.5. The summed E-state index contributed by atoms with van der Waals surface area (Å²) in [7, 11) is 1.58. The summed E-state index contributed by atoms with van der Waals surface area (Å²) in [5.74, 6) is -0.665. The molecule has 2 aromatic carbocycles. The third-order valence-electron chi connectivity index (χ3n) is 6.07. The van der Waals surface area contributed by atoms with Gasteiger partial charge in [-0.1, -0.05) is 18.2 Å². The summed E-state index contributed by atoms with van der Waals surface area (Å²) in [5.41, 5.74) is 4.49. The van der Waals surface area contributed by atoms with Crippen LogP contribution in [0.4, 0.5) is 5.69 Å². The molecule has 0 aliphatic heterocycles. The fourth-order valence-electron chi connectivity index (χ4n) is 4.11. The van der Waals surface area contributed by atoms with Crippen LogP contribution < -0.4 is 10.6 Å². The Kier molecular flexibility index (Phi) is 8.65. The summed E-state index contributed by atoms with van der Waals surface area (Å²) in [6.07, 6.45) is 3.36. The zero-order chi connectivity index (χ0) is 25.5. The van der Waals surface area contributed by atoms with Gasteiger partial charge in [0.15, 0.2) is 0 Å². The normalized spacial score (nSPS) is 11.8. The van der Waals surface area contributed by atoms with Crippen molar-refractivity contribution in [3.63, 3.8) is 0 Å². The van der Waals surface area contributed by atoms with Gasteiger partial charge in [0.1, 0.15) is 6.04 Å². The molecule has 3 rings (SSSR count). The van der Waals surface area contributed by atoms with Crippen LogP contribution in [0.3, 0.4) is 0 Å². The maximum Gasteiger partial charge on any atom is 0.305 e. The SMILES string of the molecule is CCOC(=O)CCCc1ccc(CO)cc1NC(=O)C(C)n1cc(C)c2ccc(C(=O)NC)cc21. The molecule has 2 amide bonds. The number of carbonyl (C=O) groups excluding carboxylic acids is 3. The monoisotopic (exact) mass is 479 g/mol. The number of fused-ring (bicyclic) bond motifs is 1. The number of nitrogens with one attached hydrogen (secondary N) is 2. The average Bonchev–Trinajstić information content (AvgIpc) is 3.19. The van der Waals surface area contributed by atoms with E-state index in [1.165, 1.54) is 0 Å². The third kappa shape index (κ3) is 6.08. The molecule has 3 aromatic rings. The molecule has 0 aliphatic rings. The van der Waals surface area contributed by atoms with Gasteiger partial charge in [-0.25, -0.2) is 0 Å². The second-order valence-corrected chi connectivity index (χ2v) is 8.50. The van der Waals surface area contributed by atoms with Crippen molar-refractivity contribution in [1.29, 1.82) is 0 Å². The average molecular weight is 480 g/mol. The van der Waals surface area contributed by atoms with Crippen molar-refractivity contribution in [3.8, 4) is 0 Å². The Bertz CT molecular complexity index is 1230. The lowest BCUT2D eigenvalue weighted by Gasteiger charge is -2.18. The van der Waals surface area contributed by atoms with Crippen LogP contribution in [0.25, 0.3) is 10.9 Å². The van der Waals surface area contributed by atoms with E-state index in [0.717, 1.165) is 22.0 Å². The number of anilines is 1. The molecule has 1 unspecified atom stereocenters. The molecule has 0 saturated heterocycles. The number of aliphatic hydroxyl groups is 1. The Morgan fingerprint density at radius 1 is 1.14 bits per heavy atom. The molecule has 186 valence electrons. The highest BCUT2D eigenvalue weighted by Gasteiger charge is 2.20. The van der Waals surface area contributed by atoms with Gasteiger partial charge < -0.3 is 25.0 Å². The number of benzene rings is 2. The van der Waals surface area contributed by atoms with E-state index in [0.29, 0.717) is 42.7 Å². The summed E-state index contributed by atoms with van der Waals surface area (Å²) in [4.78, 5) is 37.1. The number of amides is 2. The van der Waals surface area contributed by atoms with Crippen molar-refractivity contribution >= 4 is 34.4 Å². The maximum absolute atomic E-state index is 13.3. The van der Waals surface area contributed by atoms with Crippen molar-refractivity contribution in [2.45, 2.75) is 52.7 Å². The third-order valence-corrected chi connectivity index (χ3v) is 6.07. The van der Waals surface area contributed by atoms with Gasteiger partial charge in [0.25, 0.3) is 5.91 Å². The van der Waals surface area contributed by atoms with Gasteiger partial charge in [-0.15, -0.1) is 0 Å². The molecule has 1 aromatic heterocycles. The first-order valence-electron chi connectivity index (χ1n) is 11.8. The molecule has 0 bridgehead atoms. The number of carbonyl (C=O) groups is 3.